The Morgan fingerprint density at radius 1 is 0.364 bits per heavy atom. The summed E-state index contributed by atoms with van der Waals surface area (Å²) in [5.74, 6) is 0. The Balaban J connectivity index is -0.000000367. The molecule has 1 fully saturated rings. The van der Waals surface area contributed by atoms with E-state index in [-0.39, 0.29) is 0 Å². The molecule has 0 aliphatic carbocycles. The van der Waals surface area contributed by atoms with Gasteiger partial charge in [-0.15, -0.1) is 0 Å². The van der Waals surface area contributed by atoms with Crippen LogP contribution in [0.4, 0.5) is 0 Å². The van der Waals surface area contributed by atoms with Gasteiger partial charge in [0, 0.05) is 26.2 Å². The van der Waals surface area contributed by atoms with E-state index >= 15 is 0 Å². The Bertz CT molecular complexity index is 644. The van der Waals surface area contributed by atoms with Gasteiger partial charge in [-0.3, -0.25) is 0 Å². The summed E-state index contributed by atoms with van der Waals surface area (Å²) in [6, 6.07) is 0. The third kappa shape index (κ3) is 50.5. The molecule has 1 rings (SSSR count). The van der Waals surface area contributed by atoms with Crippen LogP contribution >= 0.6 is 46.9 Å². The van der Waals surface area contributed by atoms with Gasteiger partial charge in [0.25, 0.3) is 0 Å². The highest BCUT2D eigenvalue weighted by molar-refractivity contribution is 7.61. The molecule has 0 aromatic carbocycles. The summed E-state index contributed by atoms with van der Waals surface area (Å²) in [6.07, 6.45) is 0. The third-order valence-corrected chi connectivity index (χ3v) is 6.70. The molecule has 29 heteroatoms. The molecule has 0 atom stereocenters. The van der Waals surface area contributed by atoms with Crippen molar-refractivity contribution in [2.75, 3.05) is 26.2 Å². The molecule has 1 aliphatic rings. The number of phosphoric acid groups is 6. The van der Waals surface area contributed by atoms with Crippen molar-refractivity contribution in [2.24, 2.45) is 0 Å². The number of hydrogen-bond acceptors (Lipinski definition) is 11. The molecule has 204 valence electrons. The maximum atomic E-state index is 9.63. The summed E-state index contributed by atoms with van der Waals surface area (Å²) in [7, 11) is -30.3. The van der Waals surface area contributed by atoms with E-state index in [0.717, 1.165) is 26.2 Å². The molecule has 0 spiro atoms. The molecule has 1 heterocycles. The Labute approximate surface area is 183 Å². The summed E-state index contributed by atoms with van der Waals surface area (Å²) >= 11 is 0. The summed E-state index contributed by atoms with van der Waals surface area (Å²) in [5, 5.41) is 6.44. The lowest BCUT2D eigenvalue weighted by Gasteiger charge is -2.11. The molecule has 0 unspecified atom stereocenters. The minimum absolute atomic E-state index is 1.14. The SMILES string of the molecule is C1CNCCN1.O=P(O)(O)OP(=O)(O)O.O=P(O)(O)OP(=O)(O)O.O=P(O)(O)OP(=O)(O)O. The highest BCUT2D eigenvalue weighted by Crippen LogP contribution is 2.55. The average Bonchev–Trinajstić information content (AvgIpc) is 2.38. The summed E-state index contributed by atoms with van der Waals surface area (Å²) in [5.41, 5.74) is 0. The number of piperazine rings is 1. The van der Waals surface area contributed by atoms with Crippen LogP contribution in [0.25, 0.3) is 0 Å². The predicted octanol–water partition coefficient (Wildman–Crippen LogP) is -3.26. The fraction of sp³-hybridized carbons (Fsp3) is 1.00. The first kappa shape index (κ1) is 38.2. The number of hydrogen-bond donors (Lipinski definition) is 14. The maximum absolute atomic E-state index is 9.63. The molecular weight excluding hydrogens is 598 g/mol. The lowest BCUT2D eigenvalue weighted by molar-refractivity contribution is 0.221. The van der Waals surface area contributed by atoms with Crippen LogP contribution in [0.5, 0.6) is 0 Å². The second kappa shape index (κ2) is 15.7. The van der Waals surface area contributed by atoms with E-state index < -0.39 is 46.9 Å². The van der Waals surface area contributed by atoms with Crippen molar-refractivity contribution in [2.45, 2.75) is 0 Å². The van der Waals surface area contributed by atoms with Crippen molar-refractivity contribution in [3.8, 4) is 0 Å². The van der Waals surface area contributed by atoms with Gasteiger partial charge in [-0.25, -0.2) is 27.4 Å². The van der Waals surface area contributed by atoms with Crippen LogP contribution in [0.2, 0.25) is 0 Å². The minimum Gasteiger partial charge on any atom is -0.314 e. The first-order valence-electron chi connectivity index (χ1n) is 7.01. The smallest absolute Gasteiger partial charge is 0.314 e. The van der Waals surface area contributed by atoms with Crippen molar-refractivity contribution < 1.29 is 99.0 Å². The van der Waals surface area contributed by atoms with Crippen LogP contribution in [0.1, 0.15) is 0 Å². The Morgan fingerprint density at radius 2 is 0.485 bits per heavy atom. The van der Waals surface area contributed by atoms with Crippen molar-refractivity contribution in [3.63, 3.8) is 0 Å². The van der Waals surface area contributed by atoms with Crippen molar-refractivity contribution >= 4 is 46.9 Å². The van der Waals surface area contributed by atoms with E-state index in [1.807, 2.05) is 0 Å². The van der Waals surface area contributed by atoms with Gasteiger partial charge in [0.15, 0.2) is 0 Å². The summed E-state index contributed by atoms with van der Waals surface area (Å²) < 4.78 is 66.6. The normalized spacial score (nSPS) is 15.6. The van der Waals surface area contributed by atoms with Crippen LogP contribution in [-0.2, 0) is 40.3 Å². The fourth-order valence-electron chi connectivity index (χ4n) is 1.02. The largest absolute Gasteiger partial charge is 0.478 e. The second-order valence-corrected chi connectivity index (χ2v) is 12.5. The van der Waals surface area contributed by atoms with Crippen molar-refractivity contribution in [1.82, 2.24) is 10.6 Å². The van der Waals surface area contributed by atoms with Gasteiger partial charge in [-0.05, 0) is 0 Å². The van der Waals surface area contributed by atoms with Gasteiger partial charge in [0.05, 0.1) is 0 Å². The second-order valence-electron chi connectivity index (χ2n) is 4.69. The van der Waals surface area contributed by atoms with E-state index in [9.17, 15) is 27.4 Å². The van der Waals surface area contributed by atoms with Crippen molar-refractivity contribution in [3.05, 3.63) is 0 Å². The first-order valence-corrected chi connectivity index (χ1v) is 16.2. The summed E-state index contributed by atoms with van der Waals surface area (Å²) in [6.45, 7) is 4.56. The van der Waals surface area contributed by atoms with E-state index in [1.54, 1.807) is 0 Å². The van der Waals surface area contributed by atoms with E-state index in [0.29, 0.717) is 0 Å². The van der Waals surface area contributed by atoms with Gasteiger partial charge in [0.1, 0.15) is 0 Å². The fourth-order valence-corrected chi connectivity index (χ4v) is 4.34. The first-order chi connectivity index (χ1) is 14.1. The molecule has 0 bridgehead atoms. The Hall–Kier alpha value is 0.700. The van der Waals surface area contributed by atoms with Crippen LogP contribution in [-0.4, -0.2) is 84.9 Å². The standard InChI is InChI=1S/C4H10N2.3H4O7P2/c1-2-6-4-3-5-1;3*1-8(2,3)7-9(4,5)6/h5-6H,1-4H2;3*(H2,1,2,3)(H2,4,5,6). The molecule has 14 N–H and O–H groups in total. The van der Waals surface area contributed by atoms with E-state index in [2.05, 4.69) is 23.6 Å². The lowest BCUT2D eigenvalue weighted by atomic mass is 10.4. The van der Waals surface area contributed by atoms with Gasteiger partial charge in [-0.1, -0.05) is 0 Å². The molecule has 0 radical (unpaired) electrons. The molecular formula is C4H22N2O21P6. The predicted molar refractivity (Wildman–Crippen MR) is 101 cm³/mol. The number of rotatable bonds is 6. The maximum Gasteiger partial charge on any atom is 0.478 e. The van der Waals surface area contributed by atoms with Crippen molar-refractivity contribution in [1.29, 1.82) is 0 Å². The van der Waals surface area contributed by atoms with E-state index in [4.69, 9.17) is 58.7 Å². The molecule has 0 saturated carbocycles. The number of nitrogens with one attached hydrogen (secondary N) is 2. The molecule has 1 aliphatic heterocycles. The zero-order valence-corrected chi connectivity index (χ0v) is 20.9. The topological polar surface area (TPSA) is 397 Å². The third-order valence-electron chi connectivity index (χ3n) is 1.60. The zero-order chi connectivity index (χ0) is 27.4. The molecule has 33 heavy (non-hydrogen) atoms. The lowest BCUT2D eigenvalue weighted by Crippen LogP contribution is -2.39. The molecule has 23 nitrogen and oxygen atoms in total. The minimum atomic E-state index is -5.05. The van der Waals surface area contributed by atoms with Gasteiger partial charge >= 0.3 is 46.9 Å². The molecule has 0 aromatic rings. The molecule has 0 aromatic heterocycles. The monoisotopic (exact) mass is 620 g/mol. The highest BCUT2D eigenvalue weighted by Gasteiger charge is 2.29. The molecule has 1 saturated heterocycles. The Morgan fingerprint density at radius 3 is 0.515 bits per heavy atom. The quantitative estimate of drug-likeness (QED) is 0.130. The Kier molecular flexibility index (Phi) is 18.2. The van der Waals surface area contributed by atoms with Crippen LogP contribution in [0.15, 0.2) is 0 Å². The van der Waals surface area contributed by atoms with Crippen LogP contribution in [0, 0.1) is 0 Å². The van der Waals surface area contributed by atoms with Gasteiger partial charge < -0.3 is 69.4 Å². The van der Waals surface area contributed by atoms with Crippen LogP contribution in [0.3, 0.4) is 0 Å². The zero-order valence-electron chi connectivity index (χ0n) is 15.6. The summed E-state index contributed by atoms with van der Waals surface area (Å²) in [4.78, 5) is 93.0. The van der Waals surface area contributed by atoms with E-state index in [1.165, 1.54) is 0 Å². The van der Waals surface area contributed by atoms with Gasteiger partial charge in [0.2, 0.25) is 0 Å². The highest BCUT2D eigenvalue weighted by atomic mass is 31.3. The van der Waals surface area contributed by atoms with Gasteiger partial charge in [-0.2, -0.15) is 12.9 Å². The van der Waals surface area contributed by atoms with Crippen LogP contribution < -0.4 is 10.6 Å². The molecule has 0 amide bonds. The average molecular weight is 620 g/mol.